The van der Waals surface area contributed by atoms with Crippen molar-refractivity contribution in [1.82, 2.24) is 4.90 Å². The van der Waals surface area contributed by atoms with Crippen LogP contribution in [0, 0.1) is 5.92 Å². The molecule has 0 saturated carbocycles. The maximum absolute atomic E-state index is 12.4. The van der Waals surface area contributed by atoms with Gasteiger partial charge in [-0.1, -0.05) is 20.8 Å². The van der Waals surface area contributed by atoms with E-state index in [1.165, 1.54) is 0 Å². The highest BCUT2D eigenvalue weighted by atomic mass is 16.5. The number of carbonyl (C=O) groups excluding carboxylic acids is 1. The van der Waals surface area contributed by atoms with E-state index in [0.717, 1.165) is 25.7 Å². The molecule has 0 rings (SSSR count). The van der Waals surface area contributed by atoms with Crippen molar-refractivity contribution in [2.45, 2.75) is 58.9 Å². The van der Waals surface area contributed by atoms with Gasteiger partial charge in [-0.2, -0.15) is 0 Å². The molecule has 4 nitrogen and oxygen atoms in total. The molecule has 0 aromatic heterocycles. The number of amides is 1. The third kappa shape index (κ3) is 7.53. The Morgan fingerprint density at radius 3 is 2.37 bits per heavy atom. The summed E-state index contributed by atoms with van der Waals surface area (Å²) in [5.41, 5.74) is 5.54. The summed E-state index contributed by atoms with van der Waals surface area (Å²) in [6.07, 6.45) is 4.56. The molecule has 0 bridgehead atoms. The second kappa shape index (κ2) is 11.2. The molecule has 1 amide bonds. The largest absolute Gasteiger partial charge is 0.383 e. The average Bonchev–Trinajstić information content (AvgIpc) is 2.41. The van der Waals surface area contributed by atoms with Gasteiger partial charge in [0.15, 0.2) is 0 Å². The van der Waals surface area contributed by atoms with Crippen LogP contribution in [0.3, 0.4) is 0 Å². The molecule has 2 N–H and O–H groups in total. The van der Waals surface area contributed by atoms with Gasteiger partial charge in [-0.25, -0.2) is 0 Å². The summed E-state index contributed by atoms with van der Waals surface area (Å²) >= 11 is 0. The van der Waals surface area contributed by atoms with E-state index >= 15 is 0 Å². The highest BCUT2D eigenvalue weighted by Crippen LogP contribution is 2.15. The molecular weight excluding hydrogens is 240 g/mol. The Morgan fingerprint density at radius 1 is 1.26 bits per heavy atom. The van der Waals surface area contributed by atoms with E-state index in [2.05, 4.69) is 20.8 Å². The van der Waals surface area contributed by atoms with Gasteiger partial charge in [0, 0.05) is 26.1 Å². The first-order chi connectivity index (χ1) is 9.10. The maximum Gasteiger partial charge on any atom is 0.222 e. The monoisotopic (exact) mass is 272 g/mol. The van der Waals surface area contributed by atoms with E-state index < -0.39 is 0 Å². The SMILES string of the molecule is CCC(CC)N(CCOC)C(=O)CCC(C)CCN. The van der Waals surface area contributed by atoms with Gasteiger partial charge in [-0.15, -0.1) is 0 Å². The molecule has 0 aromatic rings. The fraction of sp³-hybridized carbons (Fsp3) is 0.933. The Morgan fingerprint density at radius 2 is 1.89 bits per heavy atom. The number of rotatable bonds is 11. The molecule has 0 aliphatic heterocycles. The number of nitrogens with zero attached hydrogens (tertiary/aromatic N) is 1. The van der Waals surface area contributed by atoms with Gasteiger partial charge in [0.2, 0.25) is 5.91 Å². The molecule has 19 heavy (non-hydrogen) atoms. The summed E-state index contributed by atoms with van der Waals surface area (Å²) in [6.45, 7) is 8.45. The Balaban J connectivity index is 4.36. The normalized spacial score (nSPS) is 12.7. The topological polar surface area (TPSA) is 55.6 Å². The fourth-order valence-corrected chi connectivity index (χ4v) is 2.37. The van der Waals surface area contributed by atoms with Crippen molar-refractivity contribution in [3.8, 4) is 0 Å². The minimum Gasteiger partial charge on any atom is -0.383 e. The molecule has 0 heterocycles. The van der Waals surface area contributed by atoms with E-state index in [4.69, 9.17) is 10.5 Å². The maximum atomic E-state index is 12.4. The van der Waals surface area contributed by atoms with E-state index in [1.54, 1.807) is 7.11 Å². The third-order valence-corrected chi connectivity index (χ3v) is 3.75. The first-order valence-corrected chi connectivity index (χ1v) is 7.59. The summed E-state index contributed by atoms with van der Waals surface area (Å²) in [5, 5.41) is 0. The van der Waals surface area contributed by atoms with Crippen LogP contribution in [0.2, 0.25) is 0 Å². The molecule has 114 valence electrons. The zero-order valence-electron chi connectivity index (χ0n) is 13.2. The molecule has 0 spiro atoms. The van der Waals surface area contributed by atoms with Crippen molar-refractivity contribution in [2.75, 3.05) is 26.8 Å². The molecule has 0 saturated heterocycles. The van der Waals surface area contributed by atoms with Gasteiger partial charge in [0.1, 0.15) is 0 Å². The molecule has 0 aliphatic carbocycles. The molecule has 0 aromatic carbocycles. The van der Waals surface area contributed by atoms with E-state index in [-0.39, 0.29) is 5.91 Å². The van der Waals surface area contributed by atoms with Crippen LogP contribution in [-0.2, 0) is 9.53 Å². The van der Waals surface area contributed by atoms with Crippen LogP contribution < -0.4 is 5.73 Å². The van der Waals surface area contributed by atoms with Gasteiger partial charge < -0.3 is 15.4 Å². The molecule has 1 atom stereocenters. The minimum absolute atomic E-state index is 0.259. The third-order valence-electron chi connectivity index (χ3n) is 3.75. The van der Waals surface area contributed by atoms with Crippen LogP contribution in [0.4, 0.5) is 0 Å². The van der Waals surface area contributed by atoms with Crippen LogP contribution in [0.15, 0.2) is 0 Å². The van der Waals surface area contributed by atoms with Crippen LogP contribution in [0.25, 0.3) is 0 Å². The van der Waals surface area contributed by atoms with Crippen molar-refractivity contribution in [1.29, 1.82) is 0 Å². The number of nitrogens with two attached hydrogens (primary N) is 1. The quantitative estimate of drug-likeness (QED) is 0.628. The lowest BCUT2D eigenvalue weighted by Crippen LogP contribution is -2.41. The standard InChI is InChI=1S/C15H32N2O2/c1-5-14(6-2)17(11-12-19-4)15(18)8-7-13(3)9-10-16/h13-14H,5-12,16H2,1-4H3. The predicted octanol–water partition coefficient (Wildman–Crippen LogP) is 2.42. The second-order valence-corrected chi connectivity index (χ2v) is 5.27. The Bertz CT molecular complexity index is 230. The minimum atomic E-state index is 0.259. The van der Waals surface area contributed by atoms with Crippen LogP contribution in [-0.4, -0.2) is 43.7 Å². The first kappa shape index (κ1) is 18.4. The second-order valence-electron chi connectivity index (χ2n) is 5.27. The van der Waals surface area contributed by atoms with Gasteiger partial charge in [0.25, 0.3) is 0 Å². The molecular formula is C15H32N2O2. The van der Waals surface area contributed by atoms with Crippen LogP contribution in [0.5, 0.6) is 0 Å². The predicted molar refractivity (Wildman–Crippen MR) is 80.0 cm³/mol. The number of hydrogen-bond donors (Lipinski definition) is 1. The number of hydrogen-bond acceptors (Lipinski definition) is 3. The van der Waals surface area contributed by atoms with E-state index in [1.807, 2.05) is 4.90 Å². The number of ether oxygens (including phenoxy) is 1. The smallest absolute Gasteiger partial charge is 0.222 e. The van der Waals surface area contributed by atoms with Gasteiger partial charge in [-0.3, -0.25) is 4.79 Å². The Kier molecular flexibility index (Phi) is 10.9. The summed E-state index contributed by atoms with van der Waals surface area (Å²) in [7, 11) is 1.68. The number of carbonyl (C=O) groups is 1. The lowest BCUT2D eigenvalue weighted by Gasteiger charge is -2.31. The van der Waals surface area contributed by atoms with Gasteiger partial charge in [0.05, 0.1) is 6.61 Å². The van der Waals surface area contributed by atoms with E-state index in [0.29, 0.717) is 38.1 Å². The Labute approximate surface area is 118 Å². The summed E-state index contributed by atoms with van der Waals surface area (Å²) in [5.74, 6) is 0.787. The summed E-state index contributed by atoms with van der Waals surface area (Å²) < 4.78 is 5.12. The average molecular weight is 272 g/mol. The van der Waals surface area contributed by atoms with Crippen LogP contribution in [0.1, 0.15) is 52.9 Å². The number of methoxy groups -OCH3 is 1. The summed E-state index contributed by atoms with van der Waals surface area (Å²) in [6, 6.07) is 0.340. The zero-order valence-corrected chi connectivity index (χ0v) is 13.2. The molecule has 4 heteroatoms. The molecule has 0 fully saturated rings. The molecule has 1 unspecified atom stereocenters. The van der Waals surface area contributed by atoms with Crippen molar-refractivity contribution in [2.24, 2.45) is 11.7 Å². The molecule has 0 radical (unpaired) electrons. The lowest BCUT2D eigenvalue weighted by molar-refractivity contribution is -0.134. The van der Waals surface area contributed by atoms with E-state index in [9.17, 15) is 4.79 Å². The highest BCUT2D eigenvalue weighted by molar-refractivity contribution is 5.76. The van der Waals surface area contributed by atoms with Gasteiger partial charge >= 0.3 is 0 Å². The van der Waals surface area contributed by atoms with Gasteiger partial charge in [-0.05, 0) is 38.1 Å². The first-order valence-electron chi connectivity index (χ1n) is 7.59. The van der Waals surface area contributed by atoms with Crippen molar-refractivity contribution >= 4 is 5.91 Å². The fourth-order valence-electron chi connectivity index (χ4n) is 2.37. The van der Waals surface area contributed by atoms with Crippen molar-refractivity contribution < 1.29 is 9.53 Å². The zero-order chi connectivity index (χ0) is 14.7. The summed E-state index contributed by atoms with van der Waals surface area (Å²) in [4.78, 5) is 14.4. The van der Waals surface area contributed by atoms with Crippen LogP contribution >= 0.6 is 0 Å². The lowest BCUT2D eigenvalue weighted by atomic mass is 10.0. The van der Waals surface area contributed by atoms with Crippen molar-refractivity contribution in [3.05, 3.63) is 0 Å². The van der Waals surface area contributed by atoms with Crippen molar-refractivity contribution in [3.63, 3.8) is 0 Å². The highest BCUT2D eigenvalue weighted by Gasteiger charge is 2.20. The Hall–Kier alpha value is -0.610. The molecule has 0 aliphatic rings.